The van der Waals surface area contributed by atoms with E-state index < -0.39 is 0 Å². The van der Waals surface area contributed by atoms with Gasteiger partial charge >= 0.3 is 0 Å². The van der Waals surface area contributed by atoms with Gasteiger partial charge in [0.2, 0.25) is 0 Å². The summed E-state index contributed by atoms with van der Waals surface area (Å²) in [5, 5.41) is 0. The van der Waals surface area contributed by atoms with Crippen LogP contribution in [0.2, 0.25) is 0 Å². The molecule has 0 aliphatic heterocycles. The lowest BCUT2D eigenvalue weighted by Gasteiger charge is -1.99. The maximum absolute atomic E-state index is 5.38. The first kappa shape index (κ1) is 8.17. The summed E-state index contributed by atoms with van der Waals surface area (Å²) in [5.41, 5.74) is 7.36. The van der Waals surface area contributed by atoms with Gasteiger partial charge in [-0.3, -0.25) is 4.98 Å². The second kappa shape index (κ2) is 4.05. The van der Waals surface area contributed by atoms with Gasteiger partial charge in [-0.05, 0) is 11.6 Å². The Balaban J connectivity index is 2.66. The summed E-state index contributed by atoms with van der Waals surface area (Å²) in [7, 11) is 1.66. The van der Waals surface area contributed by atoms with E-state index in [1.54, 1.807) is 13.3 Å². The summed E-state index contributed by atoms with van der Waals surface area (Å²) in [6.07, 6.45) is 1.78. The SMILES string of the molecule is COCc1ccc(CN)nc1. The highest BCUT2D eigenvalue weighted by Gasteiger charge is 1.92. The van der Waals surface area contributed by atoms with Crippen LogP contribution in [0.3, 0.4) is 0 Å². The third kappa shape index (κ3) is 2.29. The highest BCUT2D eigenvalue weighted by molar-refractivity contribution is 5.12. The molecule has 3 nitrogen and oxygen atoms in total. The molecule has 2 N–H and O–H groups in total. The van der Waals surface area contributed by atoms with Crippen molar-refractivity contribution in [2.75, 3.05) is 7.11 Å². The number of rotatable bonds is 3. The van der Waals surface area contributed by atoms with Gasteiger partial charge in [-0.1, -0.05) is 6.07 Å². The molecular formula is C8H12N2O. The van der Waals surface area contributed by atoms with Crippen LogP contribution in [0.15, 0.2) is 18.3 Å². The predicted molar refractivity (Wildman–Crippen MR) is 42.8 cm³/mol. The van der Waals surface area contributed by atoms with E-state index in [2.05, 4.69) is 4.98 Å². The van der Waals surface area contributed by atoms with Crippen molar-refractivity contribution in [2.24, 2.45) is 5.73 Å². The molecule has 0 bridgehead atoms. The van der Waals surface area contributed by atoms with Gasteiger partial charge < -0.3 is 10.5 Å². The van der Waals surface area contributed by atoms with Gasteiger partial charge in [0.25, 0.3) is 0 Å². The average molecular weight is 152 g/mol. The topological polar surface area (TPSA) is 48.1 Å². The van der Waals surface area contributed by atoms with Crippen LogP contribution in [-0.2, 0) is 17.9 Å². The number of nitrogens with two attached hydrogens (primary N) is 1. The molecule has 0 aliphatic carbocycles. The van der Waals surface area contributed by atoms with Crippen LogP contribution in [0.4, 0.5) is 0 Å². The van der Waals surface area contributed by atoms with Crippen LogP contribution in [0, 0.1) is 0 Å². The Labute approximate surface area is 66.2 Å². The molecule has 3 heteroatoms. The molecule has 0 unspecified atom stereocenters. The minimum Gasteiger partial charge on any atom is -0.380 e. The van der Waals surface area contributed by atoms with Crippen LogP contribution >= 0.6 is 0 Å². The first-order valence-electron chi connectivity index (χ1n) is 3.49. The van der Waals surface area contributed by atoms with E-state index in [-0.39, 0.29) is 0 Å². The summed E-state index contributed by atoms with van der Waals surface area (Å²) in [5.74, 6) is 0. The van der Waals surface area contributed by atoms with Crippen molar-refractivity contribution in [3.63, 3.8) is 0 Å². The van der Waals surface area contributed by atoms with Crippen molar-refractivity contribution in [3.05, 3.63) is 29.6 Å². The van der Waals surface area contributed by atoms with E-state index >= 15 is 0 Å². The fraction of sp³-hybridized carbons (Fsp3) is 0.375. The zero-order chi connectivity index (χ0) is 8.10. The van der Waals surface area contributed by atoms with E-state index in [4.69, 9.17) is 10.5 Å². The molecule has 60 valence electrons. The fourth-order valence-electron chi connectivity index (χ4n) is 0.828. The molecule has 1 heterocycles. The largest absolute Gasteiger partial charge is 0.380 e. The molecule has 1 aromatic rings. The monoisotopic (exact) mass is 152 g/mol. The molecule has 0 saturated carbocycles. The molecule has 0 amide bonds. The maximum atomic E-state index is 5.38. The van der Waals surface area contributed by atoms with Crippen LogP contribution < -0.4 is 5.73 Å². The minimum atomic E-state index is 0.493. The first-order chi connectivity index (χ1) is 5.36. The molecular weight excluding hydrogens is 140 g/mol. The van der Waals surface area contributed by atoms with E-state index in [1.807, 2.05) is 12.1 Å². The van der Waals surface area contributed by atoms with Crippen molar-refractivity contribution in [3.8, 4) is 0 Å². The molecule has 0 aromatic carbocycles. The summed E-state index contributed by atoms with van der Waals surface area (Å²) >= 11 is 0. The second-order valence-electron chi connectivity index (χ2n) is 2.29. The quantitative estimate of drug-likeness (QED) is 0.693. The number of aromatic nitrogens is 1. The van der Waals surface area contributed by atoms with Crippen molar-refractivity contribution in [1.29, 1.82) is 0 Å². The molecule has 0 aliphatic rings. The van der Waals surface area contributed by atoms with Gasteiger partial charge in [-0.25, -0.2) is 0 Å². The Kier molecular flexibility index (Phi) is 3.01. The van der Waals surface area contributed by atoms with E-state index in [0.29, 0.717) is 13.2 Å². The van der Waals surface area contributed by atoms with Crippen LogP contribution in [-0.4, -0.2) is 12.1 Å². The highest BCUT2D eigenvalue weighted by Crippen LogP contribution is 2.00. The number of pyridine rings is 1. The molecule has 0 atom stereocenters. The lowest BCUT2D eigenvalue weighted by Crippen LogP contribution is -1.99. The minimum absolute atomic E-state index is 0.493. The fourth-order valence-corrected chi connectivity index (χ4v) is 0.828. The molecule has 0 fully saturated rings. The van der Waals surface area contributed by atoms with Crippen LogP contribution in [0.25, 0.3) is 0 Å². The van der Waals surface area contributed by atoms with Crippen molar-refractivity contribution >= 4 is 0 Å². The van der Waals surface area contributed by atoms with Crippen molar-refractivity contribution in [2.45, 2.75) is 13.2 Å². The second-order valence-corrected chi connectivity index (χ2v) is 2.29. The number of hydrogen-bond acceptors (Lipinski definition) is 3. The number of methoxy groups -OCH3 is 1. The summed E-state index contributed by atoms with van der Waals surface area (Å²) < 4.78 is 4.93. The first-order valence-corrected chi connectivity index (χ1v) is 3.49. The van der Waals surface area contributed by atoms with Gasteiger partial charge in [0.15, 0.2) is 0 Å². The van der Waals surface area contributed by atoms with E-state index in [9.17, 15) is 0 Å². The molecule has 0 radical (unpaired) electrons. The van der Waals surface area contributed by atoms with E-state index in [1.165, 1.54) is 0 Å². The lowest BCUT2D eigenvalue weighted by molar-refractivity contribution is 0.184. The van der Waals surface area contributed by atoms with Crippen LogP contribution in [0.5, 0.6) is 0 Å². The third-order valence-corrected chi connectivity index (χ3v) is 1.41. The van der Waals surface area contributed by atoms with Crippen molar-refractivity contribution in [1.82, 2.24) is 4.98 Å². The molecule has 0 spiro atoms. The van der Waals surface area contributed by atoms with Gasteiger partial charge in [0.1, 0.15) is 0 Å². The standard InChI is InChI=1S/C8H12N2O/c1-11-6-7-2-3-8(4-9)10-5-7/h2-3,5H,4,6,9H2,1H3. The van der Waals surface area contributed by atoms with Crippen molar-refractivity contribution < 1.29 is 4.74 Å². The third-order valence-electron chi connectivity index (χ3n) is 1.41. The zero-order valence-electron chi connectivity index (χ0n) is 6.58. The Hall–Kier alpha value is -0.930. The van der Waals surface area contributed by atoms with E-state index in [0.717, 1.165) is 11.3 Å². The zero-order valence-corrected chi connectivity index (χ0v) is 6.58. The number of nitrogens with zero attached hydrogens (tertiary/aromatic N) is 1. The highest BCUT2D eigenvalue weighted by atomic mass is 16.5. The molecule has 1 aromatic heterocycles. The van der Waals surface area contributed by atoms with Gasteiger partial charge in [0, 0.05) is 19.9 Å². The summed E-state index contributed by atoms with van der Waals surface area (Å²) in [6, 6.07) is 3.88. The number of hydrogen-bond donors (Lipinski definition) is 1. The van der Waals surface area contributed by atoms with Gasteiger partial charge in [-0.15, -0.1) is 0 Å². The normalized spacial score (nSPS) is 10.0. The van der Waals surface area contributed by atoms with Gasteiger partial charge in [-0.2, -0.15) is 0 Å². The Bertz CT molecular complexity index is 208. The Morgan fingerprint density at radius 1 is 1.55 bits per heavy atom. The Morgan fingerprint density at radius 3 is 2.82 bits per heavy atom. The van der Waals surface area contributed by atoms with Gasteiger partial charge in [0.05, 0.1) is 12.3 Å². The summed E-state index contributed by atoms with van der Waals surface area (Å²) in [6.45, 7) is 1.10. The number of ether oxygens (including phenoxy) is 1. The molecule has 1 rings (SSSR count). The summed E-state index contributed by atoms with van der Waals surface area (Å²) in [4.78, 5) is 4.11. The smallest absolute Gasteiger partial charge is 0.0728 e. The predicted octanol–water partition coefficient (Wildman–Crippen LogP) is 0.687. The Morgan fingerprint density at radius 2 is 2.36 bits per heavy atom. The molecule has 0 saturated heterocycles. The molecule has 11 heavy (non-hydrogen) atoms. The average Bonchev–Trinajstić information content (AvgIpc) is 2.07. The lowest BCUT2D eigenvalue weighted by atomic mass is 10.2. The maximum Gasteiger partial charge on any atom is 0.0728 e. The van der Waals surface area contributed by atoms with Crippen LogP contribution in [0.1, 0.15) is 11.3 Å².